The molecule has 0 saturated heterocycles. The molecule has 1 N–H and O–H groups in total. The lowest BCUT2D eigenvalue weighted by molar-refractivity contribution is 0.0966. The van der Waals surface area contributed by atoms with E-state index < -0.39 is 0 Å². The van der Waals surface area contributed by atoms with Crippen molar-refractivity contribution in [3.63, 3.8) is 0 Å². The van der Waals surface area contributed by atoms with E-state index in [1.165, 1.54) is 12.8 Å². The molecule has 1 saturated carbocycles. The van der Waals surface area contributed by atoms with Crippen molar-refractivity contribution in [2.75, 3.05) is 0 Å². The number of ether oxygens (including phenoxy) is 1. The van der Waals surface area contributed by atoms with Gasteiger partial charge < -0.3 is 4.74 Å². The molecule has 26 heavy (non-hydrogen) atoms. The Labute approximate surface area is 159 Å². The van der Waals surface area contributed by atoms with Crippen LogP contribution in [0.2, 0.25) is 0 Å². The van der Waals surface area contributed by atoms with Gasteiger partial charge in [0.05, 0.1) is 5.71 Å². The highest BCUT2D eigenvalue weighted by atomic mass is 16.5. The first-order chi connectivity index (χ1) is 12.3. The zero-order chi connectivity index (χ0) is 19.3. The van der Waals surface area contributed by atoms with Crippen LogP contribution in [-0.4, -0.2) is 11.3 Å². The Morgan fingerprint density at radius 1 is 1.23 bits per heavy atom. The number of hydrogen-bond donors (Lipinski definition) is 1. The van der Waals surface area contributed by atoms with Gasteiger partial charge in [0.1, 0.15) is 11.4 Å². The zero-order valence-corrected chi connectivity index (χ0v) is 17.0. The molecule has 0 bridgehead atoms. The highest BCUT2D eigenvalue weighted by molar-refractivity contribution is 6.14. The molecule has 2 heteroatoms. The van der Waals surface area contributed by atoms with E-state index in [0.29, 0.717) is 11.6 Å². The summed E-state index contributed by atoms with van der Waals surface area (Å²) in [5.74, 6) is 1.21. The van der Waals surface area contributed by atoms with Crippen LogP contribution in [0.5, 0.6) is 5.75 Å². The average Bonchev–Trinajstić information content (AvgIpc) is 3.04. The van der Waals surface area contributed by atoms with E-state index in [2.05, 4.69) is 40.3 Å². The van der Waals surface area contributed by atoms with Crippen molar-refractivity contribution >= 4 is 5.71 Å². The Morgan fingerprint density at radius 3 is 2.42 bits per heavy atom. The van der Waals surface area contributed by atoms with E-state index >= 15 is 0 Å². The lowest BCUT2D eigenvalue weighted by Gasteiger charge is -2.27. The third-order valence-electron chi connectivity index (χ3n) is 5.35. The Morgan fingerprint density at radius 2 is 1.85 bits per heavy atom. The SMILES string of the molecule is C=C(/C(C)=C\C(=C/C)C(=N)c1ccccc1OC1(C)CCCC1)C(C)C. The number of para-hydroxylation sites is 1. The molecule has 1 aromatic rings. The summed E-state index contributed by atoms with van der Waals surface area (Å²) in [6, 6.07) is 7.94. The second-order valence-electron chi connectivity index (χ2n) is 7.88. The fraction of sp³-hybridized carbons (Fsp3) is 0.458. The van der Waals surface area contributed by atoms with E-state index in [0.717, 1.165) is 40.9 Å². The lowest BCUT2D eigenvalue weighted by Crippen LogP contribution is -2.28. The van der Waals surface area contributed by atoms with Gasteiger partial charge >= 0.3 is 0 Å². The first kappa shape index (κ1) is 20.2. The fourth-order valence-electron chi connectivity index (χ4n) is 3.49. The second kappa shape index (κ2) is 8.53. The molecule has 0 unspecified atom stereocenters. The van der Waals surface area contributed by atoms with Crippen LogP contribution >= 0.6 is 0 Å². The normalized spacial score (nSPS) is 17.5. The van der Waals surface area contributed by atoms with Gasteiger partial charge in [-0.3, -0.25) is 5.41 Å². The molecule has 0 amide bonds. The molecule has 1 aromatic carbocycles. The molecule has 1 fully saturated rings. The standard InChI is InChI=1S/C24H33NO/c1-7-20(16-18(4)19(5)17(2)3)23(25)21-12-8-9-13-22(21)26-24(6)14-10-11-15-24/h7-9,12-13,16-17,25H,5,10-11,14-15H2,1-4,6H3/b18-16-,20-7+,25-23?. The lowest BCUT2D eigenvalue weighted by atomic mass is 9.93. The zero-order valence-electron chi connectivity index (χ0n) is 17.0. The van der Waals surface area contributed by atoms with Crippen LogP contribution in [0.4, 0.5) is 0 Å². The predicted molar refractivity (Wildman–Crippen MR) is 112 cm³/mol. The number of rotatable bonds is 7. The van der Waals surface area contributed by atoms with Crippen molar-refractivity contribution in [3.8, 4) is 5.75 Å². The van der Waals surface area contributed by atoms with Crippen molar-refractivity contribution < 1.29 is 4.74 Å². The van der Waals surface area contributed by atoms with Gasteiger partial charge in [0.2, 0.25) is 0 Å². The highest BCUT2D eigenvalue weighted by Crippen LogP contribution is 2.36. The monoisotopic (exact) mass is 351 g/mol. The largest absolute Gasteiger partial charge is 0.487 e. The van der Waals surface area contributed by atoms with Crippen LogP contribution in [0.1, 0.15) is 65.9 Å². The molecule has 0 spiro atoms. The maximum absolute atomic E-state index is 8.78. The fourth-order valence-corrected chi connectivity index (χ4v) is 3.49. The molecule has 0 aromatic heterocycles. The van der Waals surface area contributed by atoms with Crippen molar-refractivity contribution in [2.24, 2.45) is 5.92 Å². The van der Waals surface area contributed by atoms with Gasteiger partial charge in [-0.1, -0.05) is 38.6 Å². The van der Waals surface area contributed by atoms with E-state index in [1.807, 2.05) is 37.3 Å². The molecule has 1 aliphatic rings. The number of hydrogen-bond acceptors (Lipinski definition) is 2. The summed E-state index contributed by atoms with van der Waals surface area (Å²) in [4.78, 5) is 0. The summed E-state index contributed by atoms with van der Waals surface area (Å²) >= 11 is 0. The molecule has 140 valence electrons. The Balaban J connectivity index is 2.31. The predicted octanol–water partition coefficient (Wildman–Crippen LogP) is 6.87. The molecule has 2 nitrogen and oxygen atoms in total. The number of benzene rings is 1. The molecule has 0 heterocycles. The summed E-state index contributed by atoms with van der Waals surface area (Å²) in [6.45, 7) is 14.7. The van der Waals surface area contributed by atoms with Crippen LogP contribution in [0, 0.1) is 11.3 Å². The van der Waals surface area contributed by atoms with Crippen molar-refractivity contribution in [3.05, 3.63) is 65.3 Å². The summed E-state index contributed by atoms with van der Waals surface area (Å²) in [6.07, 6.45) is 8.66. The number of nitrogens with one attached hydrogen (secondary N) is 1. The highest BCUT2D eigenvalue weighted by Gasteiger charge is 2.31. The minimum absolute atomic E-state index is 0.107. The van der Waals surface area contributed by atoms with E-state index in [4.69, 9.17) is 10.1 Å². The molecular weight excluding hydrogens is 318 g/mol. The third-order valence-corrected chi connectivity index (χ3v) is 5.35. The molecule has 1 aliphatic carbocycles. The topological polar surface area (TPSA) is 33.1 Å². The van der Waals surface area contributed by atoms with Crippen molar-refractivity contribution in [2.45, 2.75) is 65.9 Å². The van der Waals surface area contributed by atoms with Crippen LogP contribution in [0.3, 0.4) is 0 Å². The first-order valence-electron chi connectivity index (χ1n) is 9.68. The maximum atomic E-state index is 8.78. The van der Waals surface area contributed by atoms with Gasteiger partial charge in [-0.2, -0.15) is 0 Å². The Bertz CT molecular complexity index is 730. The average molecular weight is 352 g/mol. The second-order valence-corrected chi connectivity index (χ2v) is 7.88. The quantitative estimate of drug-likeness (QED) is 0.422. The molecule has 0 atom stereocenters. The van der Waals surface area contributed by atoms with Crippen LogP contribution in [0.25, 0.3) is 0 Å². The first-order valence-corrected chi connectivity index (χ1v) is 9.68. The van der Waals surface area contributed by atoms with E-state index in [9.17, 15) is 0 Å². The Kier molecular flexibility index (Phi) is 6.63. The van der Waals surface area contributed by atoms with Gasteiger partial charge in [0, 0.05) is 5.56 Å². The summed E-state index contributed by atoms with van der Waals surface area (Å²) < 4.78 is 6.39. The number of allylic oxidation sites excluding steroid dienone is 5. The third kappa shape index (κ3) is 4.75. The van der Waals surface area contributed by atoms with E-state index in [-0.39, 0.29) is 5.60 Å². The maximum Gasteiger partial charge on any atom is 0.129 e. The van der Waals surface area contributed by atoms with Gasteiger partial charge in [-0.25, -0.2) is 0 Å². The van der Waals surface area contributed by atoms with Gasteiger partial charge in [0.15, 0.2) is 0 Å². The minimum Gasteiger partial charge on any atom is -0.487 e. The molecule has 0 aliphatic heterocycles. The Hall–Kier alpha value is -2.09. The minimum atomic E-state index is -0.107. The van der Waals surface area contributed by atoms with Crippen molar-refractivity contribution in [1.82, 2.24) is 0 Å². The molecule has 0 radical (unpaired) electrons. The summed E-state index contributed by atoms with van der Waals surface area (Å²) in [5.41, 5.74) is 4.38. The van der Waals surface area contributed by atoms with Crippen LogP contribution in [0.15, 0.2) is 59.7 Å². The molecular formula is C24H33NO. The van der Waals surface area contributed by atoms with Gasteiger partial charge in [-0.05, 0) is 87.3 Å². The smallest absolute Gasteiger partial charge is 0.129 e. The summed E-state index contributed by atoms with van der Waals surface area (Å²) in [5, 5.41) is 8.78. The van der Waals surface area contributed by atoms with Gasteiger partial charge in [0.25, 0.3) is 0 Å². The summed E-state index contributed by atoms with van der Waals surface area (Å²) in [7, 11) is 0. The van der Waals surface area contributed by atoms with Crippen molar-refractivity contribution in [1.29, 1.82) is 5.41 Å². The van der Waals surface area contributed by atoms with Crippen LogP contribution < -0.4 is 4.74 Å². The van der Waals surface area contributed by atoms with Gasteiger partial charge in [-0.15, -0.1) is 0 Å². The molecule has 2 rings (SSSR count). The van der Waals surface area contributed by atoms with Crippen LogP contribution in [-0.2, 0) is 0 Å². The van der Waals surface area contributed by atoms with E-state index in [1.54, 1.807) is 0 Å².